The van der Waals surface area contributed by atoms with Crippen LogP contribution in [0.25, 0.3) is 0 Å². The van der Waals surface area contributed by atoms with Crippen molar-refractivity contribution in [2.24, 2.45) is 0 Å². The van der Waals surface area contributed by atoms with Gasteiger partial charge in [-0.25, -0.2) is 0 Å². The van der Waals surface area contributed by atoms with Gasteiger partial charge in [-0.3, -0.25) is 14.3 Å². The summed E-state index contributed by atoms with van der Waals surface area (Å²) in [6.07, 6.45) is 4.11. The summed E-state index contributed by atoms with van der Waals surface area (Å²) >= 11 is 0. The third-order valence-corrected chi connectivity index (χ3v) is 5.73. The van der Waals surface area contributed by atoms with Crippen LogP contribution in [0.3, 0.4) is 0 Å². The lowest BCUT2D eigenvalue weighted by molar-refractivity contribution is -0.119. The smallest absolute Gasteiger partial charge is 0.255 e. The number of carbonyl (C=O) groups is 2. The molecule has 2 aromatic carbocycles. The molecule has 31 heavy (non-hydrogen) atoms. The first-order valence-electron chi connectivity index (χ1n) is 10.9. The van der Waals surface area contributed by atoms with Crippen LogP contribution in [0.5, 0.6) is 0 Å². The summed E-state index contributed by atoms with van der Waals surface area (Å²) in [5, 5.41) is 7.37. The average Bonchev–Trinajstić information content (AvgIpc) is 3.39. The Morgan fingerprint density at radius 1 is 1.10 bits per heavy atom. The molecule has 160 valence electrons. The largest absolute Gasteiger partial charge is 0.340 e. The van der Waals surface area contributed by atoms with Crippen molar-refractivity contribution in [3.05, 3.63) is 83.2 Å². The second kappa shape index (κ2) is 9.16. The lowest BCUT2D eigenvalue weighted by Crippen LogP contribution is -2.46. The van der Waals surface area contributed by atoms with Gasteiger partial charge >= 0.3 is 0 Å². The highest BCUT2D eigenvalue weighted by Crippen LogP contribution is 2.28. The van der Waals surface area contributed by atoms with Gasteiger partial charge in [0, 0.05) is 12.2 Å². The summed E-state index contributed by atoms with van der Waals surface area (Å²) in [6.45, 7) is 5.09. The van der Waals surface area contributed by atoms with Crippen molar-refractivity contribution in [2.75, 3.05) is 11.4 Å². The van der Waals surface area contributed by atoms with Gasteiger partial charge in [0.2, 0.25) is 5.91 Å². The first-order valence-corrected chi connectivity index (χ1v) is 10.9. The van der Waals surface area contributed by atoms with E-state index in [1.807, 2.05) is 59.3 Å². The summed E-state index contributed by atoms with van der Waals surface area (Å²) in [5.41, 5.74) is 4.68. The number of amides is 2. The molecule has 0 bridgehead atoms. The number of nitrogens with one attached hydrogen (secondary N) is 1. The van der Waals surface area contributed by atoms with Gasteiger partial charge in [0.15, 0.2) is 0 Å². The van der Waals surface area contributed by atoms with E-state index in [0.717, 1.165) is 36.2 Å². The molecular weight excluding hydrogens is 388 g/mol. The molecule has 1 N–H and O–H groups in total. The van der Waals surface area contributed by atoms with Crippen molar-refractivity contribution in [2.45, 2.75) is 45.7 Å². The first kappa shape index (κ1) is 20.8. The number of benzene rings is 2. The zero-order valence-electron chi connectivity index (χ0n) is 18.0. The molecule has 6 heteroatoms. The van der Waals surface area contributed by atoms with Gasteiger partial charge in [-0.2, -0.15) is 5.10 Å². The van der Waals surface area contributed by atoms with Crippen molar-refractivity contribution in [3.63, 3.8) is 0 Å². The molecular formula is C25H28N4O2. The van der Waals surface area contributed by atoms with Crippen molar-refractivity contribution in [1.82, 2.24) is 15.1 Å². The minimum Gasteiger partial charge on any atom is -0.340 e. The van der Waals surface area contributed by atoms with E-state index < -0.39 is 6.04 Å². The predicted octanol–water partition coefficient (Wildman–Crippen LogP) is 3.59. The number of carbonyl (C=O) groups excluding carboxylic acids is 2. The van der Waals surface area contributed by atoms with Gasteiger partial charge in [-0.05, 0) is 37.0 Å². The fourth-order valence-electron chi connectivity index (χ4n) is 4.13. The number of anilines is 1. The first-order chi connectivity index (χ1) is 15.1. The summed E-state index contributed by atoms with van der Waals surface area (Å²) in [6, 6.07) is 17.4. The Kier molecular flexibility index (Phi) is 6.16. The van der Waals surface area contributed by atoms with Crippen LogP contribution in [0, 0.1) is 0 Å². The topological polar surface area (TPSA) is 67.2 Å². The third-order valence-electron chi connectivity index (χ3n) is 5.73. The molecule has 0 radical (unpaired) electrons. The molecule has 1 unspecified atom stereocenters. The Bertz CT molecular complexity index is 1070. The monoisotopic (exact) mass is 416 g/mol. The Balaban J connectivity index is 1.48. The minimum atomic E-state index is -0.620. The Morgan fingerprint density at radius 3 is 2.61 bits per heavy atom. The number of nitrogens with zero attached hydrogens (tertiary/aromatic N) is 3. The van der Waals surface area contributed by atoms with E-state index >= 15 is 0 Å². The number of fused-ring (bicyclic) bond motifs is 1. The highest BCUT2D eigenvalue weighted by molar-refractivity contribution is 6.03. The lowest BCUT2D eigenvalue weighted by atomic mass is 10.1. The predicted molar refractivity (Wildman–Crippen MR) is 121 cm³/mol. The van der Waals surface area contributed by atoms with Gasteiger partial charge in [0.25, 0.3) is 5.91 Å². The maximum Gasteiger partial charge on any atom is 0.255 e. The fourth-order valence-corrected chi connectivity index (χ4v) is 4.13. The number of aromatic nitrogens is 2. The molecule has 1 aliphatic heterocycles. The molecule has 1 aliphatic rings. The minimum absolute atomic E-state index is 0.0907. The molecule has 0 spiro atoms. The average molecular weight is 417 g/mol. The van der Waals surface area contributed by atoms with E-state index in [1.165, 1.54) is 5.56 Å². The van der Waals surface area contributed by atoms with Gasteiger partial charge < -0.3 is 10.2 Å². The quantitative estimate of drug-likeness (QED) is 0.640. The van der Waals surface area contributed by atoms with Gasteiger partial charge in [-0.1, -0.05) is 61.9 Å². The van der Waals surface area contributed by atoms with Gasteiger partial charge in [-0.15, -0.1) is 0 Å². The number of para-hydroxylation sites is 1. The van der Waals surface area contributed by atoms with Crippen LogP contribution in [0.2, 0.25) is 0 Å². The molecule has 1 aromatic heterocycles. The molecule has 6 nitrogen and oxygen atoms in total. The van der Waals surface area contributed by atoms with Crippen LogP contribution in [0.15, 0.2) is 60.8 Å². The molecule has 0 saturated heterocycles. The summed E-state index contributed by atoms with van der Waals surface area (Å²) < 4.78 is 1.89. The van der Waals surface area contributed by atoms with Crippen LogP contribution in [-0.2, 0) is 24.2 Å². The highest BCUT2D eigenvalue weighted by atomic mass is 16.2. The summed E-state index contributed by atoms with van der Waals surface area (Å²) in [7, 11) is 0. The van der Waals surface area contributed by atoms with Crippen LogP contribution in [-0.4, -0.2) is 34.2 Å². The van der Waals surface area contributed by atoms with Gasteiger partial charge in [0.1, 0.15) is 6.04 Å². The third kappa shape index (κ3) is 4.38. The molecule has 3 aromatic rings. The Hall–Kier alpha value is -3.41. The highest BCUT2D eigenvalue weighted by Gasteiger charge is 2.29. The van der Waals surface area contributed by atoms with Crippen LogP contribution in [0.1, 0.15) is 47.4 Å². The zero-order chi connectivity index (χ0) is 21.8. The molecule has 2 amide bonds. The molecule has 0 saturated carbocycles. The maximum absolute atomic E-state index is 13.0. The standard InChI is InChI=1S/C25H28N4O2/c1-3-9-23-21(16-26-29(23)17-19-10-5-4-6-11-19)24(30)27-18(2)25(31)28-15-14-20-12-7-8-13-22(20)28/h4-8,10-13,16,18H,3,9,14-15,17H2,1-2H3,(H,27,30). The van der Waals surface area contributed by atoms with Crippen molar-refractivity contribution in [3.8, 4) is 0 Å². The number of rotatable bonds is 7. The lowest BCUT2D eigenvalue weighted by Gasteiger charge is -2.22. The SMILES string of the molecule is CCCc1c(C(=O)NC(C)C(=O)N2CCc3ccccc32)cnn1Cc1ccccc1. The Morgan fingerprint density at radius 2 is 1.84 bits per heavy atom. The zero-order valence-corrected chi connectivity index (χ0v) is 18.0. The second-order valence-electron chi connectivity index (χ2n) is 7.96. The molecule has 2 heterocycles. The van der Waals surface area contributed by atoms with Crippen molar-refractivity contribution < 1.29 is 9.59 Å². The van der Waals surface area contributed by atoms with E-state index in [0.29, 0.717) is 18.7 Å². The van der Waals surface area contributed by atoms with Gasteiger partial charge in [0.05, 0.1) is 24.0 Å². The van der Waals surface area contributed by atoms with E-state index in [9.17, 15) is 9.59 Å². The second-order valence-corrected chi connectivity index (χ2v) is 7.96. The van der Waals surface area contributed by atoms with Crippen LogP contribution >= 0.6 is 0 Å². The van der Waals surface area contributed by atoms with E-state index in [2.05, 4.69) is 17.3 Å². The number of hydrogen-bond acceptors (Lipinski definition) is 3. The fraction of sp³-hybridized carbons (Fsp3) is 0.320. The molecule has 1 atom stereocenters. The molecule has 0 aliphatic carbocycles. The summed E-state index contributed by atoms with van der Waals surface area (Å²) in [5.74, 6) is -0.344. The Labute approximate surface area is 182 Å². The van der Waals surface area contributed by atoms with Crippen molar-refractivity contribution >= 4 is 17.5 Å². The van der Waals surface area contributed by atoms with E-state index in [4.69, 9.17) is 0 Å². The van der Waals surface area contributed by atoms with Crippen LogP contribution in [0.4, 0.5) is 5.69 Å². The van der Waals surface area contributed by atoms with Crippen molar-refractivity contribution in [1.29, 1.82) is 0 Å². The molecule has 0 fully saturated rings. The van der Waals surface area contributed by atoms with E-state index in [-0.39, 0.29) is 11.8 Å². The normalized spacial score (nSPS) is 13.7. The van der Waals surface area contributed by atoms with E-state index in [1.54, 1.807) is 18.0 Å². The maximum atomic E-state index is 13.0. The van der Waals surface area contributed by atoms with Crippen LogP contribution < -0.4 is 10.2 Å². The number of hydrogen-bond donors (Lipinski definition) is 1. The molecule has 4 rings (SSSR count). The summed E-state index contributed by atoms with van der Waals surface area (Å²) in [4.78, 5) is 27.8.